The summed E-state index contributed by atoms with van der Waals surface area (Å²) in [5, 5.41) is 47.2. The van der Waals surface area contributed by atoms with Crippen molar-refractivity contribution >= 4 is 102 Å². The summed E-state index contributed by atoms with van der Waals surface area (Å²) in [6.45, 7) is 1.52. The molecule has 4 fully saturated rings. The Hall–Kier alpha value is -13.0. The number of H-pyrrole nitrogens is 1. The first kappa shape index (κ1) is 68.4. The van der Waals surface area contributed by atoms with Gasteiger partial charge in [-0.1, -0.05) is 146 Å². The summed E-state index contributed by atoms with van der Waals surface area (Å²) in [6, 6.07) is 64.2. The minimum Gasteiger partial charge on any atom is -0.489 e. The number of carboxylic acid groups (broad SMARTS) is 4. The van der Waals surface area contributed by atoms with E-state index in [1.165, 1.54) is 54.7 Å². The van der Waals surface area contributed by atoms with Gasteiger partial charge in [-0.15, -0.1) is 0 Å². The molecule has 4 heterocycles. The number of rotatable bonds is 16. The maximum Gasteiger partial charge on any atom is 0.339 e. The lowest BCUT2D eigenvalue weighted by Crippen LogP contribution is -2.50. The summed E-state index contributed by atoms with van der Waals surface area (Å²) in [5.41, 5.74) is 9.33. The number of halogens is 1. The molecule has 530 valence electrons. The third-order valence-electron chi connectivity index (χ3n) is 21.1. The molecule has 17 heteroatoms. The van der Waals surface area contributed by atoms with Crippen molar-refractivity contribution in [2.75, 3.05) is 19.6 Å². The van der Waals surface area contributed by atoms with Gasteiger partial charge >= 0.3 is 23.9 Å². The molecule has 0 amide bonds. The standard InChI is InChI=1S/C25H17NO3.C23H17NO3.C21H14FNO3.C21H23NO3/c27-25(28)22-13-16(18-11-12-26-15-18)9-10-23(22)29-24-14-17-5-1-2-6-19(17)20-7-3-4-8-21(20)24;25-23(26)20-12-15(18-8-9-24-13-18)6-7-21(20)27-19-10-16-3-1-2-14-4-5-17(11-19)22(14)16;22-20-16(10-11-23-20)14-8-9-19(17(12-14)21(24)25)26-18-7-3-5-13-4-1-2-6-15(13)18;23-21(24)18-10-14(15-3-4-22-11-15)1-2-19(18)25-20-16-6-12-5-13(8-16)9-17(20)7-12/h1-11,13-15H,12H2,(H,27,28);1-3,6-8,10-13H,4-5,9H2,(H,25,26);1-10,12H,11H2,(H,24,25);1-4,10-13,16-17,20,22H,5-9H2,(H,23,24). The fraction of sp³-hybridized carbons (Fsp3) is 0.167. The topological polar surface area (TPSA) is 239 Å². The molecular formula is C90H71FN4O12. The number of ether oxygens (including phenoxy) is 4. The maximum atomic E-state index is 13.7. The van der Waals surface area contributed by atoms with E-state index in [0.717, 1.165) is 95.8 Å². The smallest absolute Gasteiger partial charge is 0.339 e. The summed E-state index contributed by atoms with van der Waals surface area (Å²) >= 11 is 0. The van der Waals surface area contributed by atoms with E-state index in [9.17, 15) is 44.0 Å². The highest BCUT2D eigenvalue weighted by Crippen LogP contribution is 2.55. The normalized spacial score (nSPS) is 18.1. The van der Waals surface area contributed by atoms with E-state index in [1.54, 1.807) is 67.0 Å². The number of hydrogen-bond acceptors (Lipinski definition) is 11. The van der Waals surface area contributed by atoms with Gasteiger partial charge in [0.15, 0.2) is 0 Å². The Morgan fingerprint density at radius 3 is 1.55 bits per heavy atom. The van der Waals surface area contributed by atoms with Crippen molar-refractivity contribution in [1.29, 1.82) is 0 Å². The van der Waals surface area contributed by atoms with Crippen molar-refractivity contribution in [3.8, 4) is 51.4 Å². The minimum absolute atomic E-state index is 0.0314. The molecule has 4 saturated carbocycles. The molecule has 0 saturated heterocycles. The molecule has 0 atom stereocenters. The highest BCUT2D eigenvalue weighted by molar-refractivity contribution is 6.21. The van der Waals surface area contributed by atoms with E-state index in [2.05, 4.69) is 50.3 Å². The van der Waals surface area contributed by atoms with Gasteiger partial charge in [-0.25, -0.2) is 19.2 Å². The highest BCUT2D eigenvalue weighted by Gasteiger charge is 2.49. The van der Waals surface area contributed by atoms with Gasteiger partial charge < -0.3 is 44.4 Å². The van der Waals surface area contributed by atoms with E-state index in [1.807, 2.05) is 146 Å². The number of hydrogen-bond donors (Lipinski definition) is 5. The number of carbonyl (C=O) groups is 4. The molecule has 11 aromatic carbocycles. The van der Waals surface area contributed by atoms with Crippen LogP contribution in [0.5, 0.6) is 40.2 Å². The van der Waals surface area contributed by atoms with Gasteiger partial charge in [0, 0.05) is 41.2 Å². The fourth-order valence-corrected chi connectivity index (χ4v) is 16.4. The van der Waals surface area contributed by atoms with Gasteiger partial charge in [0.1, 0.15) is 68.6 Å². The quantitative estimate of drug-likeness (QED) is 0.0568. The van der Waals surface area contributed by atoms with Crippen LogP contribution < -0.4 is 18.9 Å². The van der Waals surface area contributed by atoms with Crippen LogP contribution in [0.4, 0.5) is 4.39 Å². The van der Waals surface area contributed by atoms with E-state index >= 15 is 0 Å². The lowest BCUT2D eigenvalue weighted by atomic mass is 9.55. The second-order valence-electron chi connectivity index (χ2n) is 27.8. The Kier molecular flexibility index (Phi) is 18.9. The average molecular weight is 1420 g/mol. The first-order valence-electron chi connectivity index (χ1n) is 35.8. The maximum absolute atomic E-state index is 13.7. The Morgan fingerprint density at radius 2 is 0.935 bits per heavy atom. The van der Waals surface area contributed by atoms with E-state index in [-0.39, 0.29) is 40.7 Å². The zero-order valence-corrected chi connectivity index (χ0v) is 57.9. The fourth-order valence-electron chi connectivity index (χ4n) is 16.4. The van der Waals surface area contributed by atoms with Crippen molar-refractivity contribution in [2.45, 2.75) is 51.0 Å². The van der Waals surface area contributed by atoms with Crippen molar-refractivity contribution < 1.29 is 62.9 Å². The van der Waals surface area contributed by atoms with Crippen LogP contribution >= 0.6 is 0 Å². The average Bonchev–Trinajstić information content (AvgIpc) is 1.01. The molecule has 0 radical (unpaired) electrons. The van der Waals surface area contributed by atoms with Gasteiger partial charge in [-0.2, -0.15) is 4.39 Å². The second kappa shape index (κ2) is 29.6. The number of aromatic nitrogens is 1. The van der Waals surface area contributed by atoms with Gasteiger partial charge in [0.25, 0.3) is 0 Å². The van der Waals surface area contributed by atoms with Gasteiger partial charge in [-0.3, -0.25) is 15.0 Å². The van der Waals surface area contributed by atoms with Crippen LogP contribution in [0, 0.1) is 23.7 Å². The number of aliphatic imine (C=N–C) groups is 3. The SMILES string of the molecule is O=C(O)c1cc(-c2cc[nH]c2)ccc1OC1C2CC3CC(C2)CC1C3.O=C(O)c1cc(C2=CCN=C2)ccc1Oc1cc2c3c(cccc3c1)CC2.O=C(O)c1cc(C2=CCN=C2)ccc1Oc1cc2ccccc2c2ccccc12.O=C(O)c1cc(C2=CCN=C2F)ccc1Oc1cccc2ccccc12. The van der Waals surface area contributed by atoms with Gasteiger partial charge in [-0.05, 0) is 230 Å². The van der Waals surface area contributed by atoms with Crippen LogP contribution in [0.25, 0.3) is 70.9 Å². The number of benzene rings is 11. The predicted molar refractivity (Wildman–Crippen MR) is 416 cm³/mol. The minimum atomic E-state index is -1.14. The zero-order valence-electron chi connectivity index (χ0n) is 57.9. The summed E-state index contributed by atoms with van der Waals surface area (Å²) in [6.07, 6.45) is 21.5. The van der Waals surface area contributed by atoms with Crippen LogP contribution in [0.3, 0.4) is 0 Å². The van der Waals surface area contributed by atoms with Crippen LogP contribution in [0.15, 0.2) is 252 Å². The van der Waals surface area contributed by atoms with E-state index in [4.69, 9.17) is 18.9 Å². The molecule has 16 nitrogen and oxygen atoms in total. The molecule has 12 aromatic rings. The summed E-state index contributed by atoms with van der Waals surface area (Å²) < 4.78 is 38.2. The third kappa shape index (κ3) is 14.3. The van der Waals surface area contributed by atoms with E-state index < -0.39 is 29.8 Å². The largest absolute Gasteiger partial charge is 0.489 e. The molecule has 20 rings (SSSR count). The van der Waals surface area contributed by atoms with Crippen LogP contribution in [-0.2, 0) is 12.8 Å². The Balaban J connectivity index is 0.000000109. The molecule has 0 unspecified atom stereocenters. The molecule has 1 aromatic heterocycles. The van der Waals surface area contributed by atoms with Crippen LogP contribution in [0.2, 0.25) is 0 Å². The third-order valence-corrected chi connectivity index (χ3v) is 21.1. The molecule has 8 aliphatic rings. The van der Waals surface area contributed by atoms with Crippen molar-refractivity contribution in [1.82, 2.24) is 4.98 Å². The van der Waals surface area contributed by atoms with Gasteiger partial charge in [0.2, 0.25) is 5.97 Å². The highest BCUT2D eigenvalue weighted by atomic mass is 19.1. The van der Waals surface area contributed by atoms with Crippen molar-refractivity contribution in [3.63, 3.8) is 0 Å². The van der Waals surface area contributed by atoms with Crippen molar-refractivity contribution in [2.24, 2.45) is 38.6 Å². The number of nitrogens with one attached hydrogen (secondary N) is 1. The number of aryl methyl sites for hydroxylation is 2. The Bertz CT molecular complexity index is 5740. The number of nitrogens with zero attached hydrogens (tertiary/aromatic N) is 3. The van der Waals surface area contributed by atoms with Crippen LogP contribution in [-0.4, -0.2) is 93.4 Å². The Labute approximate surface area is 614 Å². The molecular weight excluding hydrogens is 1350 g/mol. The molecule has 4 bridgehead atoms. The van der Waals surface area contributed by atoms with Crippen LogP contribution in [0.1, 0.15) is 101 Å². The van der Waals surface area contributed by atoms with Gasteiger partial charge in [0.05, 0.1) is 19.6 Å². The monoisotopic (exact) mass is 1420 g/mol. The zero-order chi connectivity index (χ0) is 73.2. The first-order valence-corrected chi connectivity index (χ1v) is 35.8. The number of allylic oxidation sites excluding steroid dienone is 3. The predicted octanol–water partition coefficient (Wildman–Crippen LogP) is 20.5. The summed E-state index contributed by atoms with van der Waals surface area (Å²) in [7, 11) is 0. The number of fused-ring (bicyclic) bond motifs is 4. The number of aromatic carboxylic acids is 4. The van der Waals surface area contributed by atoms with E-state index in [0.29, 0.717) is 70.6 Å². The summed E-state index contributed by atoms with van der Waals surface area (Å²) in [4.78, 5) is 62.2. The molecule has 3 aliphatic heterocycles. The molecule has 0 spiro atoms. The molecule has 5 aliphatic carbocycles. The molecule has 5 N–H and O–H groups in total. The lowest BCUT2D eigenvalue weighted by Gasteiger charge is -2.53. The number of aromatic amines is 1. The van der Waals surface area contributed by atoms with Crippen molar-refractivity contribution in [3.05, 3.63) is 287 Å². The number of carboxylic acids is 4. The Morgan fingerprint density at radius 1 is 0.411 bits per heavy atom. The second-order valence-corrected chi connectivity index (χ2v) is 27.8. The lowest BCUT2D eigenvalue weighted by molar-refractivity contribution is -0.0792. The molecule has 107 heavy (non-hydrogen) atoms. The first-order chi connectivity index (χ1) is 52.2. The summed E-state index contributed by atoms with van der Waals surface area (Å²) in [5.74, 6) is 1.60.